The zero-order chi connectivity index (χ0) is 11.5. The second kappa shape index (κ2) is 4.63. The molecule has 0 unspecified atom stereocenters. The van der Waals surface area contributed by atoms with Gasteiger partial charge in [-0.05, 0) is 13.3 Å². The van der Waals surface area contributed by atoms with Gasteiger partial charge in [0.15, 0.2) is 0 Å². The molecule has 6 nitrogen and oxygen atoms in total. The van der Waals surface area contributed by atoms with E-state index in [1.54, 1.807) is 13.0 Å². The van der Waals surface area contributed by atoms with Crippen LogP contribution in [-0.2, 0) is 4.79 Å². The number of carbonyl (C=O) groups is 1. The number of hydrogen-bond donors (Lipinski definition) is 2. The number of nitrogens with two attached hydrogens (primary N) is 1. The van der Waals surface area contributed by atoms with E-state index in [-0.39, 0.29) is 11.9 Å². The molecule has 0 spiro atoms. The maximum atomic E-state index is 11.6. The molecular weight excluding hydrogens is 208 g/mol. The normalized spacial score (nSPS) is 21.2. The lowest BCUT2D eigenvalue weighted by Crippen LogP contribution is -2.33. The maximum Gasteiger partial charge on any atom is 0.240 e. The molecule has 1 amide bonds. The smallest absolute Gasteiger partial charge is 0.240 e. The van der Waals surface area contributed by atoms with Crippen molar-refractivity contribution in [3.8, 4) is 0 Å². The van der Waals surface area contributed by atoms with Gasteiger partial charge in [0.05, 0.1) is 12.2 Å². The Morgan fingerprint density at radius 2 is 2.62 bits per heavy atom. The Morgan fingerprint density at radius 3 is 3.19 bits per heavy atom. The van der Waals surface area contributed by atoms with Crippen LogP contribution in [0, 0.1) is 6.92 Å². The highest BCUT2D eigenvalue weighted by Gasteiger charge is 2.21. The van der Waals surface area contributed by atoms with Gasteiger partial charge in [0.1, 0.15) is 0 Å². The summed E-state index contributed by atoms with van der Waals surface area (Å²) in [6.07, 6.45) is 0.953. The summed E-state index contributed by atoms with van der Waals surface area (Å²) in [4.78, 5) is 13.6. The number of amides is 1. The number of nitrogens with zero attached hydrogens (tertiary/aromatic N) is 2. The highest BCUT2D eigenvalue weighted by Crippen LogP contribution is 2.10. The summed E-state index contributed by atoms with van der Waals surface area (Å²) in [5, 5.41) is 6.34. The van der Waals surface area contributed by atoms with Crippen LogP contribution in [0.5, 0.6) is 0 Å². The Bertz CT molecular complexity index is 377. The first-order valence-corrected chi connectivity index (χ1v) is 5.34. The number of nitrogens with one attached hydrogen (secondary N) is 1. The molecule has 2 heterocycles. The van der Waals surface area contributed by atoms with E-state index in [0.29, 0.717) is 12.4 Å². The molecule has 0 radical (unpaired) electrons. The van der Waals surface area contributed by atoms with Gasteiger partial charge in [-0.25, -0.2) is 0 Å². The average Bonchev–Trinajstić information content (AvgIpc) is 2.76. The summed E-state index contributed by atoms with van der Waals surface area (Å²) < 4.78 is 4.90. The summed E-state index contributed by atoms with van der Waals surface area (Å²) in [5.41, 5.74) is 6.50. The molecule has 1 fully saturated rings. The molecule has 1 saturated heterocycles. The quantitative estimate of drug-likeness (QED) is 0.752. The van der Waals surface area contributed by atoms with Crippen molar-refractivity contribution in [2.24, 2.45) is 5.73 Å². The van der Waals surface area contributed by atoms with E-state index in [2.05, 4.69) is 10.5 Å². The number of likely N-dealkylation sites (tertiary alicyclic amines) is 1. The van der Waals surface area contributed by atoms with Crippen molar-refractivity contribution in [2.75, 3.05) is 25.0 Å². The molecule has 1 aromatic rings. The van der Waals surface area contributed by atoms with Gasteiger partial charge in [-0.2, -0.15) is 0 Å². The zero-order valence-corrected chi connectivity index (χ0v) is 9.27. The minimum absolute atomic E-state index is 0.0924. The lowest BCUT2D eigenvalue weighted by atomic mass is 10.3. The molecule has 88 valence electrons. The van der Waals surface area contributed by atoms with Crippen LogP contribution in [0.3, 0.4) is 0 Å². The van der Waals surface area contributed by atoms with Crippen molar-refractivity contribution in [1.29, 1.82) is 0 Å². The number of aromatic nitrogens is 1. The van der Waals surface area contributed by atoms with Gasteiger partial charge in [-0.15, -0.1) is 0 Å². The molecule has 0 aliphatic carbocycles. The Morgan fingerprint density at radius 1 is 1.81 bits per heavy atom. The van der Waals surface area contributed by atoms with Crippen molar-refractivity contribution in [3.05, 3.63) is 11.8 Å². The van der Waals surface area contributed by atoms with Crippen molar-refractivity contribution < 1.29 is 9.32 Å². The third kappa shape index (κ3) is 2.80. The van der Waals surface area contributed by atoms with Gasteiger partial charge in [0.2, 0.25) is 11.8 Å². The second-order valence-electron chi connectivity index (χ2n) is 4.16. The maximum absolute atomic E-state index is 11.6. The van der Waals surface area contributed by atoms with Crippen molar-refractivity contribution in [1.82, 2.24) is 10.1 Å². The van der Waals surface area contributed by atoms with E-state index >= 15 is 0 Å². The molecule has 1 aliphatic heterocycles. The molecule has 16 heavy (non-hydrogen) atoms. The van der Waals surface area contributed by atoms with E-state index in [1.165, 1.54) is 0 Å². The lowest BCUT2D eigenvalue weighted by molar-refractivity contribution is -0.117. The predicted molar refractivity (Wildman–Crippen MR) is 58.9 cm³/mol. The van der Waals surface area contributed by atoms with E-state index in [0.717, 1.165) is 25.2 Å². The standard InChI is InChI=1S/C10H16N4O2/c1-7-4-10(16-13-7)12-9(15)6-14-3-2-8(11)5-14/h4,8H,2-3,5-6,11H2,1H3,(H,12,15)/t8-/m1/s1. The topological polar surface area (TPSA) is 84.4 Å². The predicted octanol–water partition coefficient (Wildman–Crippen LogP) is -0.0455. The highest BCUT2D eigenvalue weighted by atomic mass is 16.5. The zero-order valence-electron chi connectivity index (χ0n) is 9.27. The lowest BCUT2D eigenvalue weighted by Gasteiger charge is -2.13. The molecule has 1 atom stereocenters. The number of anilines is 1. The van der Waals surface area contributed by atoms with Crippen LogP contribution < -0.4 is 11.1 Å². The Labute approximate surface area is 93.8 Å². The first-order valence-electron chi connectivity index (χ1n) is 5.34. The molecule has 6 heteroatoms. The summed E-state index contributed by atoms with van der Waals surface area (Å²) in [6.45, 7) is 3.82. The van der Waals surface area contributed by atoms with Gasteiger partial charge in [-0.1, -0.05) is 5.16 Å². The summed E-state index contributed by atoms with van der Waals surface area (Å²) in [6, 6.07) is 1.88. The Kier molecular flexibility index (Phi) is 3.21. The summed E-state index contributed by atoms with van der Waals surface area (Å²) in [5.74, 6) is 0.302. The Hall–Kier alpha value is -1.40. The van der Waals surface area contributed by atoms with Crippen molar-refractivity contribution >= 4 is 11.8 Å². The largest absolute Gasteiger partial charge is 0.338 e. The van der Waals surface area contributed by atoms with E-state index in [4.69, 9.17) is 10.3 Å². The van der Waals surface area contributed by atoms with E-state index in [9.17, 15) is 4.79 Å². The van der Waals surface area contributed by atoms with Gasteiger partial charge < -0.3 is 10.3 Å². The third-order valence-electron chi connectivity index (χ3n) is 2.57. The monoisotopic (exact) mass is 224 g/mol. The van der Waals surface area contributed by atoms with Crippen LogP contribution in [0.15, 0.2) is 10.6 Å². The van der Waals surface area contributed by atoms with Crippen LogP contribution in [-0.4, -0.2) is 41.6 Å². The molecule has 0 saturated carbocycles. The minimum atomic E-state index is -0.0924. The van der Waals surface area contributed by atoms with Crippen LogP contribution in [0.4, 0.5) is 5.88 Å². The molecule has 1 aliphatic rings. The first-order chi connectivity index (χ1) is 7.63. The third-order valence-corrected chi connectivity index (χ3v) is 2.57. The molecule has 1 aromatic heterocycles. The fourth-order valence-electron chi connectivity index (χ4n) is 1.81. The molecular formula is C10H16N4O2. The van der Waals surface area contributed by atoms with E-state index < -0.39 is 0 Å². The minimum Gasteiger partial charge on any atom is -0.338 e. The fraction of sp³-hybridized carbons (Fsp3) is 0.600. The van der Waals surface area contributed by atoms with E-state index in [1.807, 2.05) is 4.90 Å². The molecule has 3 N–H and O–H groups in total. The summed E-state index contributed by atoms with van der Waals surface area (Å²) >= 11 is 0. The summed E-state index contributed by atoms with van der Waals surface area (Å²) in [7, 11) is 0. The number of aryl methyl sites for hydroxylation is 1. The van der Waals surface area contributed by atoms with Crippen LogP contribution in [0.1, 0.15) is 12.1 Å². The van der Waals surface area contributed by atoms with Crippen molar-refractivity contribution in [3.63, 3.8) is 0 Å². The van der Waals surface area contributed by atoms with Gasteiger partial charge in [0, 0.05) is 25.2 Å². The SMILES string of the molecule is Cc1cc(NC(=O)CN2CC[C@@H](N)C2)on1. The number of hydrogen-bond acceptors (Lipinski definition) is 5. The molecule has 0 bridgehead atoms. The van der Waals surface area contributed by atoms with Gasteiger partial charge >= 0.3 is 0 Å². The van der Waals surface area contributed by atoms with Crippen LogP contribution in [0.2, 0.25) is 0 Å². The average molecular weight is 224 g/mol. The molecule has 2 rings (SSSR count). The Balaban J connectivity index is 1.80. The second-order valence-corrected chi connectivity index (χ2v) is 4.16. The van der Waals surface area contributed by atoms with Gasteiger partial charge in [-0.3, -0.25) is 15.0 Å². The highest BCUT2D eigenvalue weighted by molar-refractivity contribution is 5.90. The van der Waals surface area contributed by atoms with Gasteiger partial charge in [0.25, 0.3) is 0 Å². The van der Waals surface area contributed by atoms with Crippen molar-refractivity contribution in [2.45, 2.75) is 19.4 Å². The molecule has 0 aromatic carbocycles. The fourth-order valence-corrected chi connectivity index (χ4v) is 1.81. The number of carbonyl (C=O) groups excluding carboxylic acids is 1. The van der Waals surface area contributed by atoms with Crippen LogP contribution >= 0.6 is 0 Å². The first kappa shape index (κ1) is 11.1. The number of rotatable bonds is 3. The van der Waals surface area contributed by atoms with Crippen LogP contribution in [0.25, 0.3) is 0 Å².